The molecule has 0 aliphatic rings. The lowest BCUT2D eigenvalue weighted by Crippen LogP contribution is -2.11. The first kappa shape index (κ1) is 20.7. The van der Waals surface area contributed by atoms with E-state index in [9.17, 15) is 0 Å². The molecule has 160 valence electrons. The van der Waals surface area contributed by atoms with Gasteiger partial charge in [-0.05, 0) is 42.6 Å². The van der Waals surface area contributed by atoms with E-state index in [2.05, 4.69) is 16.5 Å². The molecule has 0 unspecified atom stereocenters. The van der Waals surface area contributed by atoms with Gasteiger partial charge in [0.25, 0.3) is 0 Å². The Morgan fingerprint density at radius 3 is 2.62 bits per heavy atom. The molecule has 8 heteroatoms. The molecule has 2 heterocycles. The summed E-state index contributed by atoms with van der Waals surface area (Å²) in [5, 5.41) is 5.40. The topological polar surface area (TPSA) is 108 Å². The van der Waals surface area contributed by atoms with Gasteiger partial charge in [0, 0.05) is 18.8 Å². The molecular formula is C24H23N7O. The summed E-state index contributed by atoms with van der Waals surface area (Å²) in [4.78, 5) is 10.5. The maximum Gasteiger partial charge on any atom is 0.170 e. The summed E-state index contributed by atoms with van der Waals surface area (Å²) >= 11 is 0. The zero-order chi connectivity index (χ0) is 22.5. The first-order chi connectivity index (χ1) is 15.6. The van der Waals surface area contributed by atoms with Gasteiger partial charge in [-0.3, -0.25) is 0 Å². The van der Waals surface area contributed by atoms with Gasteiger partial charge < -0.3 is 21.1 Å². The van der Waals surface area contributed by atoms with Crippen molar-refractivity contribution in [3.8, 4) is 11.5 Å². The number of anilines is 3. The number of hydrogen-bond donors (Lipinski definition) is 2. The van der Waals surface area contributed by atoms with Crippen molar-refractivity contribution < 1.29 is 4.74 Å². The minimum Gasteiger partial charge on any atom is -0.457 e. The van der Waals surface area contributed by atoms with Crippen LogP contribution in [0.4, 0.5) is 17.3 Å². The van der Waals surface area contributed by atoms with E-state index < -0.39 is 0 Å². The minimum atomic E-state index is 0.328. The highest BCUT2D eigenvalue weighted by Gasteiger charge is 2.21. The van der Waals surface area contributed by atoms with Gasteiger partial charge in [-0.2, -0.15) is 0 Å². The molecule has 0 aliphatic heterocycles. The highest BCUT2D eigenvalue weighted by atomic mass is 16.5. The number of rotatable bonds is 7. The molecule has 0 saturated carbocycles. The van der Waals surface area contributed by atoms with Crippen LogP contribution in [0.25, 0.3) is 16.7 Å². The molecular weight excluding hydrogens is 402 g/mol. The summed E-state index contributed by atoms with van der Waals surface area (Å²) in [6.45, 7) is 3.77. The summed E-state index contributed by atoms with van der Waals surface area (Å²) in [6, 6.07) is 17.3. The lowest BCUT2D eigenvalue weighted by atomic mass is 10.2. The fourth-order valence-electron chi connectivity index (χ4n) is 3.29. The van der Waals surface area contributed by atoms with Crippen LogP contribution >= 0.6 is 0 Å². The van der Waals surface area contributed by atoms with E-state index in [-0.39, 0.29) is 0 Å². The van der Waals surface area contributed by atoms with E-state index in [0.717, 1.165) is 11.4 Å². The maximum absolute atomic E-state index is 6.23. The van der Waals surface area contributed by atoms with Crippen LogP contribution in [0.1, 0.15) is 0 Å². The van der Waals surface area contributed by atoms with Crippen molar-refractivity contribution in [2.75, 3.05) is 17.7 Å². The number of nitrogens with zero attached hydrogens (tertiary/aromatic N) is 5. The van der Waals surface area contributed by atoms with Crippen molar-refractivity contribution in [3.63, 3.8) is 0 Å². The number of aromatic nitrogens is 4. The number of nitrogens with two attached hydrogens (primary N) is 2. The second-order valence-electron chi connectivity index (χ2n) is 6.85. The molecule has 0 radical (unpaired) electrons. The zero-order valence-electron chi connectivity index (χ0n) is 17.6. The largest absolute Gasteiger partial charge is 0.457 e. The summed E-state index contributed by atoms with van der Waals surface area (Å²) in [7, 11) is 1.90. The van der Waals surface area contributed by atoms with Crippen LogP contribution in [0.5, 0.6) is 11.5 Å². The molecule has 0 fully saturated rings. The average Bonchev–Trinajstić information content (AvgIpc) is 3.20. The van der Waals surface area contributed by atoms with E-state index in [1.165, 1.54) is 12.5 Å². The number of hydrogen-bond acceptors (Lipinski definition) is 7. The van der Waals surface area contributed by atoms with Crippen molar-refractivity contribution in [2.24, 2.45) is 5.73 Å². The Kier molecular flexibility index (Phi) is 5.85. The summed E-state index contributed by atoms with van der Waals surface area (Å²) in [6.07, 6.45) is 7.99. The summed E-state index contributed by atoms with van der Waals surface area (Å²) in [5.74, 6) is 2.38. The highest BCUT2D eigenvalue weighted by Crippen LogP contribution is 2.35. The molecule has 0 spiro atoms. The number of nitrogen functional groups attached to an aromatic ring is 1. The molecule has 0 bridgehead atoms. The van der Waals surface area contributed by atoms with Crippen LogP contribution in [0, 0.1) is 0 Å². The molecule has 0 saturated heterocycles. The molecule has 2 aromatic heterocycles. The maximum atomic E-state index is 6.23. The third-order valence-electron chi connectivity index (χ3n) is 4.78. The van der Waals surface area contributed by atoms with E-state index in [0.29, 0.717) is 34.1 Å². The van der Waals surface area contributed by atoms with Crippen LogP contribution in [0.3, 0.4) is 0 Å². The smallest absolute Gasteiger partial charge is 0.170 e. The van der Waals surface area contributed by atoms with E-state index in [4.69, 9.17) is 21.3 Å². The van der Waals surface area contributed by atoms with Crippen molar-refractivity contribution in [2.45, 2.75) is 0 Å². The van der Waals surface area contributed by atoms with Gasteiger partial charge >= 0.3 is 0 Å². The van der Waals surface area contributed by atoms with Gasteiger partial charge in [0.05, 0.1) is 5.70 Å². The zero-order valence-corrected chi connectivity index (χ0v) is 17.6. The first-order valence-corrected chi connectivity index (χ1v) is 9.89. The molecule has 0 aliphatic carbocycles. The molecule has 4 aromatic rings. The summed E-state index contributed by atoms with van der Waals surface area (Å²) < 4.78 is 7.64. The molecule has 32 heavy (non-hydrogen) atoms. The van der Waals surface area contributed by atoms with E-state index in [1.54, 1.807) is 22.9 Å². The Morgan fingerprint density at radius 2 is 1.88 bits per heavy atom. The molecule has 4 rings (SSSR count). The molecule has 2 aromatic carbocycles. The Bertz CT molecular complexity index is 1310. The van der Waals surface area contributed by atoms with E-state index >= 15 is 0 Å². The number of fused-ring (bicyclic) bond motifs is 1. The SMILES string of the molecule is C=C/C=C(\C=C/N)n1nc(N(C)c2cccc(Oc3ccccc3)c2)c2c(N)ncnc21. The number of allylic oxidation sites excluding steroid dienone is 4. The fourth-order valence-corrected chi connectivity index (χ4v) is 3.29. The van der Waals surface area contributed by atoms with Gasteiger partial charge in [0.1, 0.15) is 29.0 Å². The van der Waals surface area contributed by atoms with Crippen molar-refractivity contribution in [1.29, 1.82) is 0 Å². The van der Waals surface area contributed by atoms with E-state index in [1.807, 2.05) is 66.5 Å². The molecule has 0 atom stereocenters. The van der Waals surface area contributed by atoms with Crippen LogP contribution in [0.15, 0.2) is 91.9 Å². The lowest BCUT2D eigenvalue weighted by Gasteiger charge is -2.18. The Hall–Kier alpha value is -4.59. The van der Waals surface area contributed by atoms with Gasteiger partial charge in [-0.15, -0.1) is 5.10 Å². The lowest BCUT2D eigenvalue weighted by molar-refractivity contribution is 0.483. The standard InChI is InChI=1S/C24H23N7O/c1-3-8-17(13-14-25)31-23-21(22(26)27-16-28-23)24(29-31)30(2)18-9-7-12-20(15-18)32-19-10-5-4-6-11-19/h3-16H,1,25H2,2H3,(H2,26,27,28)/b14-13-,17-8+. The van der Waals surface area contributed by atoms with Crippen LogP contribution < -0.4 is 21.1 Å². The average molecular weight is 425 g/mol. The highest BCUT2D eigenvalue weighted by molar-refractivity contribution is 5.99. The normalized spacial score (nSPS) is 11.7. The number of para-hydroxylation sites is 1. The second-order valence-corrected chi connectivity index (χ2v) is 6.85. The minimum absolute atomic E-state index is 0.328. The van der Waals surface area contributed by atoms with Gasteiger partial charge in [0.2, 0.25) is 0 Å². The first-order valence-electron chi connectivity index (χ1n) is 9.89. The molecule has 4 N–H and O–H groups in total. The Balaban J connectivity index is 1.79. The quantitative estimate of drug-likeness (QED) is 0.421. The number of ether oxygens (including phenoxy) is 1. The van der Waals surface area contributed by atoms with Crippen molar-refractivity contribution >= 4 is 34.1 Å². The van der Waals surface area contributed by atoms with Gasteiger partial charge in [-0.1, -0.05) is 36.9 Å². The third-order valence-corrected chi connectivity index (χ3v) is 4.78. The third kappa shape index (κ3) is 4.01. The fraction of sp³-hybridized carbons (Fsp3) is 0.0417. The molecule has 8 nitrogen and oxygen atoms in total. The second kappa shape index (κ2) is 9.05. The Morgan fingerprint density at radius 1 is 1.09 bits per heavy atom. The van der Waals surface area contributed by atoms with Crippen LogP contribution in [-0.2, 0) is 0 Å². The van der Waals surface area contributed by atoms with Gasteiger partial charge in [-0.25, -0.2) is 14.6 Å². The van der Waals surface area contributed by atoms with Crippen molar-refractivity contribution in [3.05, 3.63) is 91.9 Å². The van der Waals surface area contributed by atoms with Crippen LogP contribution in [-0.4, -0.2) is 26.8 Å². The monoisotopic (exact) mass is 425 g/mol. The predicted molar refractivity (Wildman–Crippen MR) is 129 cm³/mol. The summed E-state index contributed by atoms with van der Waals surface area (Å²) in [5.41, 5.74) is 14.0. The number of benzene rings is 2. The van der Waals surface area contributed by atoms with Crippen LogP contribution in [0.2, 0.25) is 0 Å². The molecule has 0 amide bonds. The van der Waals surface area contributed by atoms with Crippen molar-refractivity contribution in [1.82, 2.24) is 19.7 Å². The van der Waals surface area contributed by atoms with Gasteiger partial charge in [0.15, 0.2) is 11.5 Å². The Labute approximate surface area is 185 Å². The predicted octanol–water partition coefficient (Wildman–Crippen LogP) is 4.47.